The van der Waals surface area contributed by atoms with Crippen LogP contribution in [0.1, 0.15) is 0 Å². The molecular formula is C30H21NSe3. The topological polar surface area (TPSA) is 3.24 Å². The van der Waals surface area contributed by atoms with Gasteiger partial charge in [0.2, 0.25) is 0 Å². The van der Waals surface area contributed by atoms with Crippen molar-refractivity contribution in [1.29, 1.82) is 0 Å². The van der Waals surface area contributed by atoms with Gasteiger partial charge in [-0.3, -0.25) is 0 Å². The number of nitrogens with zero attached hydrogens (tertiary/aromatic N) is 1. The molecule has 0 aliphatic heterocycles. The summed E-state index contributed by atoms with van der Waals surface area (Å²) in [4.78, 5) is 9.19. The molecule has 0 radical (unpaired) electrons. The normalized spacial score (nSPS) is 10.9. The molecular weight excluding hydrogens is 611 g/mol. The maximum atomic E-state index is 2.36. The van der Waals surface area contributed by atoms with Crippen LogP contribution in [-0.2, 0) is 0 Å². The van der Waals surface area contributed by atoms with Crippen LogP contribution in [0.2, 0.25) is 0 Å². The third-order valence-corrected chi connectivity index (χ3v) is 11.6. The number of anilines is 3. The zero-order chi connectivity index (χ0) is 22.7. The average Bonchev–Trinajstić information content (AvgIpc) is 3.69. The van der Waals surface area contributed by atoms with E-state index in [0.717, 1.165) is 0 Å². The van der Waals surface area contributed by atoms with Gasteiger partial charge in [0, 0.05) is 0 Å². The van der Waals surface area contributed by atoms with Crippen LogP contribution in [0.3, 0.4) is 0 Å². The van der Waals surface area contributed by atoms with Gasteiger partial charge in [-0.15, -0.1) is 0 Å². The van der Waals surface area contributed by atoms with Gasteiger partial charge in [0.1, 0.15) is 0 Å². The Kier molecular flexibility index (Phi) is 6.45. The van der Waals surface area contributed by atoms with Crippen LogP contribution in [0.4, 0.5) is 17.1 Å². The van der Waals surface area contributed by atoms with Gasteiger partial charge in [0.05, 0.1) is 0 Å². The third-order valence-electron chi connectivity index (χ3n) is 5.79. The summed E-state index contributed by atoms with van der Waals surface area (Å²) in [5.41, 5.74) is 7.52. The van der Waals surface area contributed by atoms with Gasteiger partial charge in [0.25, 0.3) is 0 Å². The molecule has 164 valence electrons. The summed E-state index contributed by atoms with van der Waals surface area (Å²) in [6.45, 7) is 0. The van der Waals surface area contributed by atoms with Crippen molar-refractivity contribution in [3.8, 4) is 30.0 Å². The second-order valence-corrected chi connectivity index (χ2v) is 13.9. The molecule has 0 saturated heterocycles. The molecule has 0 bridgehead atoms. The van der Waals surface area contributed by atoms with E-state index in [1.807, 2.05) is 0 Å². The molecule has 3 aromatic heterocycles. The molecule has 1 nitrogen and oxygen atoms in total. The molecule has 0 amide bonds. The van der Waals surface area contributed by atoms with E-state index in [9.17, 15) is 0 Å². The van der Waals surface area contributed by atoms with Gasteiger partial charge in [-0.1, -0.05) is 0 Å². The predicted molar refractivity (Wildman–Crippen MR) is 148 cm³/mol. The Morgan fingerprint density at radius 2 is 0.647 bits per heavy atom. The van der Waals surface area contributed by atoms with Gasteiger partial charge in [-0.05, 0) is 0 Å². The fraction of sp³-hybridized carbons (Fsp3) is 0. The van der Waals surface area contributed by atoms with Crippen molar-refractivity contribution < 1.29 is 0 Å². The molecule has 0 aliphatic rings. The summed E-state index contributed by atoms with van der Waals surface area (Å²) in [6.07, 6.45) is 0. The minimum absolute atomic E-state index is 0.448. The van der Waals surface area contributed by atoms with Crippen LogP contribution in [0.15, 0.2) is 124 Å². The van der Waals surface area contributed by atoms with Crippen molar-refractivity contribution in [3.63, 3.8) is 0 Å². The summed E-state index contributed by atoms with van der Waals surface area (Å²) in [5, 5.41) is 0. The van der Waals surface area contributed by atoms with Crippen LogP contribution < -0.4 is 4.90 Å². The molecule has 3 heterocycles. The fourth-order valence-corrected chi connectivity index (χ4v) is 8.71. The molecule has 3 aromatic carbocycles. The summed E-state index contributed by atoms with van der Waals surface area (Å²) in [6, 6.07) is 40.4. The van der Waals surface area contributed by atoms with E-state index in [4.69, 9.17) is 0 Å². The Balaban J connectivity index is 1.39. The second kappa shape index (κ2) is 9.98. The molecule has 0 atom stereocenters. The average molecular weight is 632 g/mol. The summed E-state index contributed by atoms with van der Waals surface area (Å²) in [5.74, 6) is 0. The second-order valence-electron chi connectivity index (χ2n) is 7.91. The third kappa shape index (κ3) is 4.54. The SMILES string of the molecule is c1c[se]c(-c2ccc(N(c3ccc(-c4ccc[se]4)cc3)c3ccc(-c4ccc[se]4)cc3)cc2)c1. The Hall–Kier alpha value is -2.54. The van der Waals surface area contributed by atoms with E-state index in [-0.39, 0.29) is 0 Å². The quantitative estimate of drug-likeness (QED) is 0.174. The number of hydrogen-bond donors (Lipinski definition) is 0. The molecule has 0 N–H and O–H groups in total. The molecule has 0 spiro atoms. The molecule has 6 aromatic rings. The van der Waals surface area contributed by atoms with E-state index in [1.165, 1.54) is 47.1 Å². The summed E-state index contributed by atoms with van der Waals surface area (Å²) in [7, 11) is 0. The van der Waals surface area contributed by atoms with Crippen LogP contribution in [-0.4, -0.2) is 43.5 Å². The van der Waals surface area contributed by atoms with Crippen molar-refractivity contribution in [2.75, 3.05) is 4.90 Å². The van der Waals surface area contributed by atoms with Crippen molar-refractivity contribution in [3.05, 3.63) is 124 Å². The van der Waals surface area contributed by atoms with E-state index >= 15 is 0 Å². The van der Waals surface area contributed by atoms with Gasteiger partial charge in [-0.2, -0.15) is 0 Å². The first-order valence-electron chi connectivity index (χ1n) is 11.1. The van der Waals surface area contributed by atoms with E-state index in [2.05, 4.69) is 129 Å². The molecule has 0 unspecified atom stereocenters. The monoisotopic (exact) mass is 635 g/mol. The van der Waals surface area contributed by atoms with Gasteiger partial charge in [-0.25, -0.2) is 0 Å². The first kappa shape index (κ1) is 22.0. The zero-order valence-electron chi connectivity index (χ0n) is 18.3. The first-order chi connectivity index (χ1) is 16.8. The van der Waals surface area contributed by atoms with E-state index in [0.29, 0.717) is 43.5 Å². The summed E-state index contributed by atoms with van der Waals surface area (Å²) >= 11 is 1.34. The number of hydrogen-bond acceptors (Lipinski definition) is 1. The Labute approximate surface area is 218 Å². The first-order valence-corrected chi connectivity index (χ1v) is 16.6. The maximum absolute atomic E-state index is 2.36. The Morgan fingerprint density at radius 3 is 0.882 bits per heavy atom. The summed E-state index contributed by atoms with van der Waals surface area (Å²) < 4.78 is 4.33. The molecule has 0 aliphatic carbocycles. The van der Waals surface area contributed by atoms with Crippen LogP contribution in [0.25, 0.3) is 30.0 Å². The molecule has 0 saturated carbocycles. The molecule has 6 rings (SSSR count). The van der Waals surface area contributed by atoms with Gasteiger partial charge < -0.3 is 0 Å². The number of benzene rings is 3. The van der Waals surface area contributed by atoms with Crippen LogP contribution in [0, 0.1) is 0 Å². The van der Waals surface area contributed by atoms with Gasteiger partial charge >= 0.3 is 219 Å². The Bertz CT molecular complexity index is 1260. The van der Waals surface area contributed by atoms with Gasteiger partial charge in [0.15, 0.2) is 0 Å². The minimum atomic E-state index is 0.448. The van der Waals surface area contributed by atoms with Crippen molar-refractivity contribution in [2.24, 2.45) is 0 Å². The van der Waals surface area contributed by atoms with Crippen molar-refractivity contribution >= 4 is 60.6 Å². The fourth-order valence-electron chi connectivity index (χ4n) is 4.10. The van der Waals surface area contributed by atoms with E-state index < -0.39 is 0 Å². The Morgan fingerprint density at radius 1 is 0.353 bits per heavy atom. The molecule has 0 fully saturated rings. The standard InChI is InChI=1S/C30H21NSe3/c1-4-28(32-19-1)22-7-13-25(14-8-22)31(26-15-9-23(10-16-26)29-5-2-20-33-29)27-17-11-24(12-18-27)30-6-3-21-34-30/h1-21H. The predicted octanol–water partition coefficient (Wildman–Crippen LogP) is 7.33. The molecule has 4 heteroatoms. The van der Waals surface area contributed by atoms with Crippen LogP contribution >= 0.6 is 0 Å². The van der Waals surface area contributed by atoms with E-state index in [1.54, 1.807) is 0 Å². The van der Waals surface area contributed by atoms with Crippen molar-refractivity contribution in [2.45, 2.75) is 0 Å². The number of rotatable bonds is 6. The van der Waals surface area contributed by atoms with Crippen molar-refractivity contribution in [1.82, 2.24) is 0 Å². The molecule has 34 heavy (non-hydrogen) atoms. The zero-order valence-corrected chi connectivity index (χ0v) is 23.4. The van der Waals surface area contributed by atoms with Crippen LogP contribution in [0.5, 0.6) is 0 Å².